The zero-order valence-electron chi connectivity index (χ0n) is 7.12. The van der Waals surface area contributed by atoms with Gasteiger partial charge >= 0.3 is 0 Å². The van der Waals surface area contributed by atoms with Crippen molar-refractivity contribution in [3.63, 3.8) is 0 Å². The molecular formula is C9H11NO2S. The largest absolute Gasteiger partial charge is 0.454 e. The van der Waals surface area contributed by atoms with Crippen LogP contribution in [0.1, 0.15) is 5.56 Å². The molecule has 3 nitrogen and oxygen atoms in total. The molecule has 0 saturated carbocycles. The first-order valence-electron chi connectivity index (χ1n) is 4.10. The summed E-state index contributed by atoms with van der Waals surface area (Å²) in [5, 5.41) is 3.12. The van der Waals surface area contributed by atoms with Gasteiger partial charge in [0, 0.05) is 12.4 Å². The van der Waals surface area contributed by atoms with Crippen molar-refractivity contribution in [1.82, 2.24) is 5.32 Å². The van der Waals surface area contributed by atoms with Gasteiger partial charge in [0.1, 0.15) is 0 Å². The zero-order chi connectivity index (χ0) is 9.10. The van der Waals surface area contributed by atoms with Crippen molar-refractivity contribution in [1.29, 1.82) is 0 Å². The van der Waals surface area contributed by atoms with Gasteiger partial charge in [-0.05, 0) is 17.7 Å². The van der Waals surface area contributed by atoms with Crippen LogP contribution in [0.3, 0.4) is 0 Å². The standard InChI is InChI=1S/C9H11NO2S/c13-5-10-4-7-1-2-8-9(3-7)12-6-11-8/h1-3,10,13H,4-6H2. The summed E-state index contributed by atoms with van der Waals surface area (Å²) in [4.78, 5) is 0. The molecule has 0 saturated heterocycles. The van der Waals surface area contributed by atoms with E-state index in [9.17, 15) is 0 Å². The highest BCUT2D eigenvalue weighted by atomic mass is 32.1. The fourth-order valence-electron chi connectivity index (χ4n) is 1.25. The average Bonchev–Trinajstić information content (AvgIpc) is 2.61. The predicted molar refractivity (Wildman–Crippen MR) is 53.3 cm³/mol. The summed E-state index contributed by atoms with van der Waals surface area (Å²) in [6, 6.07) is 5.93. The van der Waals surface area contributed by atoms with Crippen LogP contribution in [0.15, 0.2) is 18.2 Å². The molecule has 0 spiro atoms. The highest BCUT2D eigenvalue weighted by Gasteiger charge is 2.12. The summed E-state index contributed by atoms with van der Waals surface area (Å²) in [5.74, 6) is 2.34. The van der Waals surface area contributed by atoms with Crippen LogP contribution in [0, 0.1) is 0 Å². The van der Waals surface area contributed by atoms with Crippen LogP contribution in [0.5, 0.6) is 11.5 Å². The molecule has 0 aromatic heterocycles. The van der Waals surface area contributed by atoms with Crippen molar-refractivity contribution < 1.29 is 9.47 Å². The Balaban J connectivity index is 2.12. The minimum Gasteiger partial charge on any atom is -0.454 e. The molecule has 1 N–H and O–H groups in total. The lowest BCUT2D eigenvalue weighted by atomic mass is 10.2. The van der Waals surface area contributed by atoms with Crippen LogP contribution in [0.2, 0.25) is 0 Å². The maximum absolute atomic E-state index is 5.25. The van der Waals surface area contributed by atoms with Crippen molar-refractivity contribution in [2.24, 2.45) is 0 Å². The van der Waals surface area contributed by atoms with E-state index in [0.29, 0.717) is 12.7 Å². The van der Waals surface area contributed by atoms with Gasteiger partial charge in [0.15, 0.2) is 11.5 Å². The van der Waals surface area contributed by atoms with E-state index >= 15 is 0 Å². The molecule has 0 radical (unpaired) electrons. The van der Waals surface area contributed by atoms with Gasteiger partial charge in [0.25, 0.3) is 0 Å². The Labute approximate surface area is 82.5 Å². The molecule has 1 aliphatic heterocycles. The lowest BCUT2D eigenvalue weighted by Crippen LogP contribution is -2.09. The number of fused-ring (bicyclic) bond motifs is 1. The van der Waals surface area contributed by atoms with Crippen molar-refractivity contribution >= 4 is 12.6 Å². The molecular weight excluding hydrogens is 186 g/mol. The van der Waals surface area contributed by atoms with Crippen molar-refractivity contribution in [2.75, 3.05) is 12.7 Å². The molecule has 0 unspecified atom stereocenters. The summed E-state index contributed by atoms with van der Waals surface area (Å²) >= 11 is 4.07. The van der Waals surface area contributed by atoms with E-state index in [1.807, 2.05) is 18.2 Å². The number of hydrogen-bond acceptors (Lipinski definition) is 4. The fourth-order valence-corrected chi connectivity index (χ4v) is 1.36. The van der Waals surface area contributed by atoms with Gasteiger partial charge in [-0.15, -0.1) is 0 Å². The Morgan fingerprint density at radius 3 is 3.00 bits per heavy atom. The average molecular weight is 197 g/mol. The maximum Gasteiger partial charge on any atom is 0.231 e. The number of hydrogen-bond donors (Lipinski definition) is 2. The second kappa shape index (κ2) is 3.89. The van der Waals surface area contributed by atoms with E-state index in [0.717, 1.165) is 18.0 Å². The molecule has 1 aliphatic rings. The molecule has 0 atom stereocenters. The summed E-state index contributed by atoms with van der Waals surface area (Å²) in [7, 11) is 0. The highest BCUT2D eigenvalue weighted by Crippen LogP contribution is 2.32. The first-order chi connectivity index (χ1) is 6.40. The van der Waals surface area contributed by atoms with Crippen LogP contribution in [-0.2, 0) is 6.54 Å². The Morgan fingerprint density at radius 2 is 2.15 bits per heavy atom. The lowest BCUT2D eigenvalue weighted by Gasteiger charge is -2.02. The Morgan fingerprint density at radius 1 is 1.31 bits per heavy atom. The van der Waals surface area contributed by atoms with Gasteiger partial charge in [-0.2, -0.15) is 12.6 Å². The predicted octanol–water partition coefficient (Wildman–Crippen LogP) is 1.39. The normalized spacial score (nSPS) is 13.3. The highest BCUT2D eigenvalue weighted by molar-refractivity contribution is 7.80. The topological polar surface area (TPSA) is 30.5 Å². The number of thiol groups is 1. The van der Waals surface area contributed by atoms with Gasteiger partial charge in [0.05, 0.1) is 0 Å². The van der Waals surface area contributed by atoms with E-state index in [-0.39, 0.29) is 0 Å². The molecule has 4 heteroatoms. The molecule has 0 amide bonds. The molecule has 2 rings (SSSR count). The summed E-state index contributed by atoms with van der Waals surface area (Å²) in [6.45, 7) is 1.14. The lowest BCUT2D eigenvalue weighted by molar-refractivity contribution is 0.174. The van der Waals surface area contributed by atoms with Gasteiger partial charge < -0.3 is 14.8 Å². The Hall–Kier alpha value is -0.870. The number of nitrogens with one attached hydrogen (secondary N) is 1. The van der Waals surface area contributed by atoms with E-state index in [4.69, 9.17) is 9.47 Å². The third kappa shape index (κ3) is 1.89. The van der Waals surface area contributed by atoms with Gasteiger partial charge in [-0.25, -0.2) is 0 Å². The summed E-state index contributed by atoms with van der Waals surface area (Å²) in [5.41, 5.74) is 1.18. The number of benzene rings is 1. The van der Waals surface area contributed by atoms with Gasteiger partial charge in [-0.1, -0.05) is 6.07 Å². The van der Waals surface area contributed by atoms with Crippen LogP contribution in [0.25, 0.3) is 0 Å². The minimum absolute atomic E-state index is 0.332. The first kappa shape index (κ1) is 8.72. The van der Waals surface area contributed by atoms with Gasteiger partial charge in [-0.3, -0.25) is 0 Å². The molecule has 1 aromatic rings. The van der Waals surface area contributed by atoms with E-state index < -0.39 is 0 Å². The van der Waals surface area contributed by atoms with Crippen LogP contribution < -0.4 is 14.8 Å². The molecule has 1 heterocycles. The Kier molecular flexibility index (Phi) is 2.61. The zero-order valence-corrected chi connectivity index (χ0v) is 8.01. The van der Waals surface area contributed by atoms with Gasteiger partial charge in [0.2, 0.25) is 6.79 Å². The van der Waals surface area contributed by atoms with Crippen molar-refractivity contribution in [3.8, 4) is 11.5 Å². The van der Waals surface area contributed by atoms with E-state index in [1.165, 1.54) is 5.56 Å². The first-order valence-corrected chi connectivity index (χ1v) is 4.73. The minimum atomic E-state index is 0.332. The van der Waals surface area contributed by atoms with Crippen LogP contribution in [-0.4, -0.2) is 12.7 Å². The van der Waals surface area contributed by atoms with Crippen molar-refractivity contribution in [3.05, 3.63) is 23.8 Å². The third-order valence-electron chi connectivity index (χ3n) is 1.88. The van der Waals surface area contributed by atoms with Crippen LogP contribution in [0.4, 0.5) is 0 Å². The number of rotatable bonds is 3. The summed E-state index contributed by atoms with van der Waals surface area (Å²) < 4.78 is 10.5. The molecule has 0 bridgehead atoms. The SMILES string of the molecule is SCNCc1ccc2c(c1)OCO2. The second-order valence-corrected chi connectivity index (χ2v) is 3.09. The smallest absolute Gasteiger partial charge is 0.231 e. The monoisotopic (exact) mass is 197 g/mol. The third-order valence-corrected chi connectivity index (χ3v) is 2.10. The summed E-state index contributed by atoms with van der Waals surface area (Å²) in [6.07, 6.45) is 0. The maximum atomic E-state index is 5.25. The number of ether oxygens (including phenoxy) is 2. The van der Waals surface area contributed by atoms with E-state index in [1.54, 1.807) is 0 Å². The molecule has 0 aliphatic carbocycles. The fraction of sp³-hybridized carbons (Fsp3) is 0.333. The Bertz CT molecular complexity index is 304. The molecule has 0 fully saturated rings. The molecule has 13 heavy (non-hydrogen) atoms. The van der Waals surface area contributed by atoms with E-state index in [2.05, 4.69) is 17.9 Å². The molecule has 1 aromatic carbocycles. The quantitative estimate of drug-likeness (QED) is 0.567. The van der Waals surface area contributed by atoms with Crippen molar-refractivity contribution in [2.45, 2.75) is 6.54 Å². The second-order valence-electron chi connectivity index (χ2n) is 2.77. The van der Waals surface area contributed by atoms with Crippen LogP contribution >= 0.6 is 12.6 Å². The molecule has 70 valence electrons.